The molecule has 0 atom stereocenters. The van der Waals surface area contributed by atoms with Gasteiger partial charge in [-0.3, -0.25) is 9.40 Å². The third-order valence-corrected chi connectivity index (χ3v) is 5.86. The summed E-state index contributed by atoms with van der Waals surface area (Å²) in [5.74, 6) is -0.157. The van der Waals surface area contributed by atoms with E-state index in [0.29, 0.717) is 11.2 Å². The number of halogens is 3. The Labute approximate surface area is 169 Å². The monoisotopic (exact) mass is 436 g/mol. The molecule has 0 radical (unpaired) electrons. The van der Waals surface area contributed by atoms with Crippen LogP contribution >= 0.6 is 0 Å². The van der Waals surface area contributed by atoms with E-state index in [1.807, 2.05) is 6.92 Å². The van der Waals surface area contributed by atoms with Crippen LogP contribution in [-0.4, -0.2) is 33.0 Å². The standard InChI is InChI=1S/C18H15F3N6O2S/c1-11-3-4-15(17-14(11)9-23-26(17)2)25-30(28,29)13-8-24-27(10-13)16-7-12(5-6-22-16)18(19,20)21/h3-10,25H,1-2H3. The molecule has 0 bridgehead atoms. The lowest BCUT2D eigenvalue weighted by Crippen LogP contribution is -2.13. The lowest BCUT2D eigenvalue weighted by Gasteiger charge is -2.10. The second-order valence-corrected chi connectivity index (χ2v) is 8.27. The van der Waals surface area contributed by atoms with Crippen molar-refractivity contribution in [3.63, 3.8) is 0 Å². The summed E-state index contributed by atoms with van der Waals surface area (Å²) in [5, 5.41) is 8.80. The highest BCUT2D eigenvalue weighted by Crippen LogP contribution is 2.30. The molecule has 3 aromatic heterocycles. The fourth-order valence-corrected chi connectivity index (χ4v) is 4.00. The summed E-state index contributed by atoms with van der Waals surface area (Å²) < 4.78 is 69.4. The molecule has 0 spiro atoms. The van der Waals surface area contributed by atoms with Crippen molar-refractivity contribution in [2.75, 3.05) is 4.72 Å². The first-order chi connectivity index (χ1) is 14.1. The van der Waals surface area contributed by atoms with Crippen molar-refractivity contribution in [3.8, 4) is 5.82 Å². The molecule has 0 saturated carbocycles. The van der Waals surface area contributed by atoms with Crippen molar-refractivity contribution in [2.24, 2.45) is 7.05 Å². The normalized spacial score (nSPS) is 12.4. The molecule has 4 aromatic rings. The van der Waals surface area contributed by atoms with E-state index in [2.05, 4.69) is 19.9 Å². The second kappa shape index (κ2) is 6.83. The van der Waals surface area contributed by atoms with Crippen molar-refractivity contribution < 1.29 is 21.6 Å². The Morgan fingerprint density at radius 1 is 1.10 bits per heavy atom. The Hall–Kier alpha value is -3.41. The van der Waals surface area contributed by atoms with E-state index in [4.69, 9.17) is 0 Å². The van der Waals surface area contributed by atoms with Gasteiger partial charge in [0.05, 0.1) is 35.4 Å². The molecule has 4 rings (SSSR count). The molecule has 3 heterocycles. The van der Waals surface area contributed by atoms with Gasteiger partial charge in [-0.05, 0) is 30.7 Å². The number of aryl methyl sites for hydroxylation is 2. The maximum absolute atomic E-state index is 12.9. The van der Waals surface area contributed by atoms with Gasteiger partial charge in [0, 0.05) is 18.6 Å². The van der Waals surface area contributed by atoms with E-state index >= 15 is 0 Å². The van der Waals surface area contributed by atoms with Crippen LogP contribution in [0, 0.1) is 6.92 Å². The van der Waals surface area contributed by atoms with Crippen LogP contribution in [0.1, 0.15) is 11.1 Å². The predicted molar refractivity (Wildman–Crippen MR) is 103 cm³/mol. The van der Waals surface area contributed by atoms with Gasteiger partial charge in [0.25, 0.3) is 10.0 Å². The molecule has 0 aliphatic rings. The second-order valence-electron chi connectivity index (χ2n) is 6.59. The van der Waals surface area contributed by atoms with E-state index < -0.39 is 21.8 Å². The highest BCUT2D eigenvalue weighted by atomic mass is 32.2. The lowest BCUT2D eigenvalue weighted by molar-refractivity contribution is -0.137. The topological polar surface area (TPSA) is 94.7 Å². The third kappa shape index (κ3) is 3.49. The van der Waals surface area contributed by atoms with E-state index in [1.165, 1.54) is 0 Å². The molecule has 12 heteroatoms. The Morgan fingerprint density at radius 2 is 1.87 bits per heavy atom. The van der Waals surface area contributed by atoms with Crippen molar-refractivity contribution in [3.05, 3.63) is 60.2 Å². The molecule has 0 unspecified atom stereocenters. The minimum absolute atomic E-state index is 0.157. The van der Waals surface area contributed by atoms with Crippen LogP contribution in [-0.2, 0) is 23.2 Å². The highest BCUT2D eigenvalue weighted by molar-refractivity contribution is 7.92. The van der Waals surface area contributed by atoms with Gasteiger partial charge in [0.1, 0.15) is 4.90 Å². The third-order valence-electron chi connectivity index (χ3n) is 4.54. The molecule has 0 aliphatic carbocycles. The zero-order valence-electron chi connectivity index (χ0n) is 15.7. The minimum atomic E-state index is -4.55. The van der Waals surface area contributed by atoms with Gasteiger partial charge in [0.2, 0.25) is 0 Å². The molecular weight excluding hydrogens is 421 g/mol. The summed E-state index contributed by atoms with van der Waals surface area (Å²) in [6.45, 7) is 1.88. The first kappa shape index (κ1) is 19.9. The molecule has 0 fully saturated rings. The number of aromatic nitrogens is 5. The largest absolute Gasteiger partial charge is 0.416 e. The zero-order valence-corrected chi connectivity index (χ0v) is 16.5. The first-order valence-electron chi connectivity index (χ1n) is 8.59. The molecule has 30 heavy (non-hydrogen) atoms. The average molecular weight is 436 g/mol. The molecule has 156 valence electrons. The molecule has 8 nitrogen and oxygen atoms in total. The number of sulfonamides is 1. The van der Waals surface area contributed by atoms with Crippen LogP contribution in [0.25, 0.3) is 16.7 Å². The van der Waals surface area contributed by atoms with E-state index in [0.717, 1.165) is 46.4 Å². The molecular formula is C18H15F3N6O2S. The van der Waals surface area contributed by atoms with Crippen molar-refractivity contribution in [1.82, 2.24) is 24.5 Å². The minimum Gasteiger partial charge on any atom is -0.277 e. The van der Waals surface area contributed by atoms with Gasteiger partial charge in [-0.15, -0.1) is 0 Å². The van der Waals surface area contributed by atoms with E-state index in [1.54, 1.807) is 30.1 Å². The SMILES string of the molecule is Cc1ccc(NS(=O)(=O)c2cnn(-c3cc(C(F)(F)F)ccn3)c2)c2c1cnn2C. The predicted octanol–water partition coefficient (Wildman–Crippen LogP) is 3.28. The maximum Gasteiger partial charge on any atom is 0.416 e. The highest BCUT2D eigenvalue weighted by Gasteiger charge is 2.31. The number of rotatable bonds is 4. The number of alkyl halides is 3. The smallest absolute Gasteiger partial charge is 0.277 e. The Morgan fingerprint density at radius 3 is 2.60 bits per heavy atom. The zero-order chi connectivity index (χ0) is 21.7. The average Bonchev–Trinajstić information content (AvgIpc) is 3.32. The molecule has 0 amide bonds. The van der Waals surface area contributed by atoms with E-state index in [-0.39, 0.29) is 10.7 Å². The number of fused-ring (bicyclic) bond motifs is 1. The van der Waals surface area contributed by atoms with Crippen LogP contribution in [0.4, 0.5) is 18.9 Å². The Bertz CT molecular complexity index is 1360. The van der Waals surface area contributed by atoms with Crippen molar-refractivity contribution in [2.45, 2.75) is 18.0 Å². The van der Waals surface area contributed by atoms with Crippen LogP contribution in [0.3, 0.4) is 0 Å². The van der Waals surface area contributed by atoms with Gasteiger partial charge >= 0.3 is 6.18 Å². The number of hydrogen-bond donors (Lipinski definition) is 1. The number of benzene rings is 1. The number of anilines is 1. The number of nitrogens with one attached hydrogen (secondary N) is 1. The summed E-state index contributed by atoms with van der Waals surface area (Å²) in [5.41, 5.74) is 0.944. The van der Waals surface area contributed by atoms with E-state index in [9.17, 15) is 21.6 Å². The Balaban J connectivity index is 1.69. The lowest BCUT2D eigenvalue weighted by atomic mass is 10.1. The number of pyridine rings is 1. The maximum atomic E-state index is 12.9. The van der Waals surface area contributed by atoms with Crippen LogP contribution in [0.15, 0.2) is 53.9 Å². The molecule has 0 saturated heterocycles. The first-order valence-corrected chi connectivity index (χ1v) is 10.1. The fraction of sp³-hybridized carbons (Fsp3) is 0.167. The summed E-state index contributed by atoms with van der Waals surface area (Å²) >= 11 is 0. The van der Waals surface area contributed by atoms with Crippen molar-refractivity contribution in [1.29, 1.82) is 0 Å². The summed E-state index contributed by atoms with van der Waals surface area (Å²) in [6, 6.07) is 4.99. The van der Waals surface area contributed by atoms with Gasteiger partial charge in [0.15, 0.2) is 5.82 Å². The molecule has 1 aromatic carbocycles. The quantitative estimate of drug-likeness (QED) is 0.530. The van der Waals surface area contributed by atoms with Crippen LogP contribution < -0.4 is 4.72 Å². The van der Waals surface area contributed by atoms with Crippen LogP contribution in [0.5, 0.6) is 0 Å². The fourth-order valence-electron chi connectivity index (χ4n) is 3.00. The van der Waals surface area contributed by atoms with Gasteiger partial charge in [-0.2, -0.15) is 23.4 Å². The number of nitrogens with zero attached hydrogens (tertiary/aromatic N) is 5. The summed E-state index contributed by atoms with van der Waals surface area (Å²) in [4.78, 5) is 3.61. The van der Waals surface area contributed by atoms with Crippen LogP contribution in [0.2, 0.25) is 0 Å². The summed E-state index contributed by atoms with van der Waals surface area (Å²) in [7, 11) is -2.37. The van der Waals surface area contributed by atoms with Gasteiger partial charge in [-0.1, -0.05) is 6.07 Å². The molecule has 1 N–H and O–H groups in total. The van der Waals surface area contributed by atoms with Gasteiger partial charge < -0.3 is 0 Å². The Kier molecular flexibility index (Phi) is 4.53. The number of hydrogen-bond acceptors (Lipinski definition) is 5. The van der Waals surface area contributed by atoms with Crippen molar-refractivity contribution >= 4 is 26.6 Å². The molecule has 0 aliphatic heterocycles. The summed E-state index contributed by atoms with van der Waals surface area (Å²) in [6.07, 6.45) is 0.205. The van der Waals surface area contributed by atoms with Gasteiger partial charge in [-0.25, -0.2) is 18.1 Å².